The molecule has 0 aliphatic carbocycles. The summed E-state index contributed by atoms with van der Waals surface area (Å²) in [5, 5.41) is 3.25. The molecule has 2 heterocycles. The first kappa shape index (κ1) is 25.7. The summed E-state index contributed by atoms with van der Waals surface area (Å²) in [5.41, 5.74) is 1.68. The minimum atomic E-state index is -0.441. The van der Waals surface area contributed by atoms with Gasteiger partial charge < -0.3 is 15.0 Å². The van der Waals surface area contributed by atoms with Crippen molar-refractivity contribution in [2.45, 2.75) is 24.5 Å². The molecule has 8 nitrogen and oxygen atoms in total. The summed E-state index contributed by atoms with van der Waals surface area (Å²) in [4.78, 5) is 45.0. The number of thioether (sulfide) groups is 1. The first-order valence-corrected chi connectivity index (χ1v) is 13.0. The van der Waals surface area contributed by atoms with Gasteiger partial charge in [-0.15, -0.1) is 0 Å². The normalized spacial score (nSPS) is 13.4. The van der Waals surface area contributed by atoms with Crippen LogP contribution in [-0.2, 0) is 22.5 Å². The number of benzene rings is 2. The van der Waals surface area contributed by atoms with Crippen LogP contribution >= 0.6 is 11.8 Å². The van der Waals surface area contributed by atoms with Gasteiger partial charge in [0, 0.05) is 25.8 Å². The summed E-state index contributed by atoms with van der Waals surface area (Å²) >= 11 is 1.21. The van der Waals surface area contributed by atoms with Gasteiger partial charge in [-0.3, -0.25) is 19.0 Å². The lowest BCUT2D eigenvalue weighted by molar-refractivity contribution is -0.132. The third-order valence-corrected chi connectivity index (χ3v) is 6.87. The maximum atomic E-state index is 13.4. The maximum absolute atomic E-state index is 13.4. The van der Waals surface area contributed by atoms with Gasteiger partial charge in [0.15, 0.2) is 5.16 Å². The molecule has 0 unspecified atom stereocenters. The minimum absolute atomic E-state index is 0.00509. The fourth-order valence-corrected chi connectivity index (χ4v) is 4.78. The molecule has 9 heteroatoms. The van der Waals surface area contributed by atoms with Crippen molar-refractivity contribution < 1.29 is 14.3 Å². The molecule has 188 valence electrons. The molecule has 1 aromatic heterocycles. The molecule has 1 fully saturated rings. The van der Waals surface area contributed by atoms with Gasteiger partial charge in [0.1, 0.15) is 5.56 Å². The van der Waals surface area contributed by atoms with Crippen LogP contribution in [0.15, 0.2) is 76.8 Å². The number of nitrogens with one attached hydrogen (secondary N) is 1. The van der Waals surface area contributed by atoms with Crippen LogP contribution in [-0.4, -0.2) is 64.9 Å². The smallest absolute Gasteiger partial charge is 0.267 e. The van der Waals surface area contributed by atoms with Crippen LogP contribution < -0.4 is 10.9 Å². The zero-order valence-corrected chi connectivity index (χ0v) is 20.9. The Morgan fingerprint density at radius 2 is 1.64 bits per heavy atom. The quantitative estimate of drug-likeness (QED) is 0.258. The zero-order chi connectivity index (χ0) is 25.2. The van der Waals surface area contributed by atoms with E-state index in [-0.39, 0.29) is 23.8 Å². The highest BCUT2D eigenvalue weighted by molar-refractivity contribution is 7.99. The molecule has 1 aliphatic heterocycles. The lowest BCUT2D eigenvalue weighted by Gasteiger charge is -2.26. The molecule has 0 saturated carbocycles. The average Bonchev–Trinajstić information content (AvgIpc) is 2.93. The van der Waals surface area contributed by atoms with Crippen LogP contribution in [0.1, 0.15) is 27.9 Å². The van der Waals surface area contributed by atoms with Crippen molar-refractivity contribution in [1.82, 2.24) is 19.8 Å². The Kier molecular flexibility index (Phi) is 9.29. The van der Waals surface area contributed by atoms with E-state index in [1.807, 2.05) is 60.7 Å². The predicted molar refractivity (Wildman–Crippen MR) is 139 cm³/mol. The number of aryl methyl sites for hydroxylation is 1. The Bertz CT molecular complexity index is 1210. The van der Waals surface area contributed by atoms with Gasteiger partial charge in [-0.25, -0.2) is 4.98 Å². The number of nitrogens with zero attached hydrogens (tertiary/aromatic N) is 3. The Morgan fingerprint density at radius 3 is 2.33 bits per heavy atom. The highest BCUT2D eigenvalue weighted by Gasteiger charge is 2.20. The summed E-state index contributed by atoms with van der Waals surface area (Å²) < 4.78 is 6.79. The first-order chi connectivity index (χ1) is 17.6. The highest BCUT2D eigenvalue weighted by Crippen LogP contribution is 2.17. The lowest BCUT2D eigenvalue weighted by atomic mass is 10.1. The molecule has 1 N–H and O–H groups in total. The third kappa shape index (κ3) is 7.05. The van der Waals surface area contributed by atoms with Crippen molar-refractivity contribution in [2.75, 3.05) is 38.6 Å². The van der Waals surface area contributed by atoms with Gasteiger partial charge in [-0.2, -0.15) is 0 Å². The van der Waals surface area contributed by atoms with E-state index in [0.717, 1.165) is 18.4 Å². The van der Waals surface area contributed by atoms with Gasteiger partial charge in [-0.1, -0.05) is 72.4 Å². The minimum Gasteiger partial charge on any atom is -0.378 e. The fraction of sp³-hybridized carbons (Fsp3) is 0.333. The molecular formula is C27H30N4O4S. The highest BCUT2D eigenvalue weighted by atomic mass is 32.2. The predicted octanol–water partition coefficient (Wildman–Crippen LogP) is 2.61. The van der Waals surface area contributed by atoms with Crippen LogP contribution in [0.25, 0.3) is 0 Å². The molecule has 2 amide bonds. The number of carbonyl (C=O) groups excluding carboxylic acids is 2. The van der Waals surface area contributed by atoms with E-state index in [9.17, 15) is 14.4 Å². The van der Waals surface area contributed by atoms with E-state index in [0.29, 0.717) is 38.0 Å². The molecule has 1 saturated heterocycles. The second kappa shape index (κ2) is 13.0. The molecule has 36 heavy (non-hydrogen) atoms. The summed E-state index contributed by atoms with van der Waals surface area (Å²) in [5.74, 6) is -0.306. The van der Waals surface area contributed by atoms with Crippen LogP contribution in [0.2, 0.25) is 0 Å². The summed E-state index contributed by atoms with van der Waals surface area (Å²) in [6, 6.07) is 19.6. The number of morpholine rings is 1. The van der Waals surface area contributed by atoms with Crippen LogP contribution in [0, 0.1) is 0 Å². The second-order valence-corrected chi connectivity index (χ2v) is 9.40. The molecule has 0 radical (unpaired) electrons. The Balaban J connectivity index is 1.45. The molecule has 0 spiro atoms. The van der Waals surface area contributed by atoms with Gasteiger partial charge >= 0.3 is 0 Å². The van der Waals surface area contributed by atoms with E-state index in [1.165, 1.54) is 28.1 Å². The van der Waals surface area contributed by atoms with Gasteiger partial charge in [0.2, 0.25) is 5.91 Å². The molecule has 3 aromatic rings. The number of ether oxygens (including phenoxy) is 1. The molecule has 2 aromatic carbocycles. The van der Waals surface area contributed by atoms with Crippen LogP contribution in [0.4, 0.5) is 0 Å². The number of hydrogen-bond donors (Lipinski definition) is 1. The second-order valence-electron chi connectivity index (χ2n) is 8.46. The van der Waals surface area contributed by atoms with Crippen LogP contribution in [0.3, 0.4) is 0 Å². The van der Waals surface area contributed by atoms with E-state index in [2.05, 4.69) is 10.3 Å². The van der Waals surface area contributed by atoms with E-state index in [1.54, 1.807) is 4.90 Å². The molecule has 0 atom stereocenters. The number of hydrogen-bond acceptors (Lipinski definition) is 6. The van der Waals surface area contributed by atoms with Crippen molar-refractivity contribution in [1.29, 1.82) is 0 Å². The zero-order valence-electron chi connectivity index (χ0n) is 20.1. The number of rotatable bonds is 10. The third-order valence-electron chi connectivity index (χ3n) is 5.90. The Hall–Kier alpha value is -3.43. The maximum Gasteiger partial charge on any atom is 0.267 e. The number of aromatic nitrogens is 2. The van der Waals surface area contributed by atoms with E-state index >= 15 is 0 Å². The van der Waals surface area contributed by atoms with Crippen molar-refractivity contribution in [3.05, 3.63) is 93.9 Å². The van der Waals surface area contributed by atoms with Crippen molar-refractivity contribution in [2.24, 2.45) is 0 Å². The molecule has 1 aliphatic rings. The van der Waals surface area contributed by atoms with Gasteiger partial charge in [0.05, 0.1) is 25.5 Å². The molecule has 4 rings (SSSR count). The fourth-order valence-electron chi connectivity index (χ4n) is 3.92. The molecule has 0 bridgehead atoms. The largest absolute Gasteiger partial charge is 0.378 e. The number of amides is 2. The lowest BCUT2D eigenvalue weighted by Crippen LogP contribution is -2.41. The summed E-state index contributed by atoms with van der Waals surface area (Å²) in [6.07, 6.45) is 2.92. The van der Waals surface area contributed by atoms with Crippen molar-refractivity contribution >= 4 is 23.6 Å². The average molecular weight is 507 g/mol. The van der Waals surface area contributed by atoms with Gasteiger partial charge in [0.25, 0.3) is 11.5 Å². The topological polar surface area (TPSA) is 93.5 Å². The van der Waals surface area contributed by atoms with Crippen LogP contribution in [0.5, 0.6) is 0 Å². The number of carbonyl (C=O) groups is 2. The standard InChI is InChI=1S/C27H30N4O4S/c32-24(30-14-16-35-17-15-30)20-36-27-29-18-23(26(34)31(27)19-22-10-5-2-6-11-22)25(33)28-13-7-12-21-8-3-1-4-9-21/h1-6,8-11,18H,7,12-17,19-20H2,(H,28,33). The van der Waals surface area contributed by atoms with Crippen molar-refractivity contribution in [3.8, 4) is 0 Å². The van der Waals surface area contributed by atoms with E-state index < -0.39 is 11.5 Å². The van der Waals surface area contributed by atoms with Gasteiger partial charge in [-0.05, 0) is 24.0 Å². The van der Waals surface area contributed by atoms with Crippen molar-refractivity contribution in [3.63, 3.8) is 0 Å². The first-order valence-electron chi connectivity index (χ1n) is 12.1. The molecular weight excluding hydrogens is 476 g/mol. The summed E-state index contributed by atoms with van der Waals surface area (Å²) in [7, 11) is 0. The monoisotopic (exact) mass is 506 g/mol. The SMILES string of the molecule is O=C(NCCCc1ccccc1)c1cnc(SCC(=O)N2CCOCC2)n(Cc2ccccc2)c1=O. The Morgan fingerprint density at radius 1 is 0.972 bits per heavy atom. The Labute approximate surface area is 214 Å². The van der Waals surface area contributed by atoms with E-state index in [4.69, 9.17) is 4.74 Å². The summed E-state index contributed by atoms with van der Waals surface area (Å²) in [6.45, 7) is 2.90.